The molecule has 0 spiro atoms. The molecule has 0 unspecified atom stereocenters. The van der Waals surface area contributed by atoms with E-state index in [0.29, 0.717) is 17.0 Å². The standard InChI is InChI=1S/C17H26BrN3O/c1-17(2,3)12-5-7-13(8-6-12)20-15-10-11(16(22)21-19)4-9-14(15)18/h4,9-10,12-13,20H,5-8,19H2,1-3H3,(H,21,22). The van der Waals surface area contributed by atoms with Crippen molar-refractivity contribution in [2.75, 3.05) is 5.32 Å². The zero-order valence-corrected chi connectivity index (χ0v) is 15.2. The smallest absolute Gasteiger partial charge is 0.265 e. The Kier molecular flexibility index (Phi) is 5.50. The Morgan fingerprint density at radius 2 is 1.86 bits per heavy atom. The lowest BCUT2D eigenvalue weighted by molar-refractivity contribution is 0.0953. The van der Waals surface area contributed by atoms with Gasteiger partial charge in [0, 0.05) is 21.8 Å². The molecule has 1 fully saturated rings. The van der Waals surface area contributed by atoms with E-state index >= 15 is 0 Å². The number of hydrogen-bond donors (Lipinski definition) is 3. The van der Waals surface area contributed by atoms with Crippen LogP contribution in [0, 0.1) is 11.3 Å². The molecule has 22 heavy (non-hydrogen) atoms. The van der Waals surface area contributed by atoms with Crippen LogP contribution in [0.25, 0.3) is 0 Å². The summed E-state index contributed by atoms with van der Waals surface area (Å²) in [5.41, 5.74) is 4.09. The monoisotopic (exact) mass is 367 g/mol. The largest absolute Gasteiger partial charge is 0.381 e. The van der Waals surface area contributed by atoms with Gasteiger partial charge in [0.1, 0.15) is 0 Å². The Morgan fingerprint density at radius 3 is 2.41 bits per heavy atom. The van der Waals surface area contributed by atoms with E-state index in [2.05, 4.69) is 47.4 Å². The van der Waals surface area contributed by atoms with Crippen molar-refractivity contribution < 1.29 is 4.79 Å². The molecule has 1 aliphatic rings. The molecule has 0 aliphatic heterocycles. The van der Waals surface area contributed by atoms with E-state index in [9.17, 15) is 4.79 Å². The number of hydrazine groups is 1. The average molecular weight is 368 g/mol. The molecule has 0 aromatic heterocycles. The normalized spacial score (nSPS) is 22.2. The molecule has 1 amide bonds. The quantitative estimate of drug-likeness (QED) is 0.428. The van der Waals surface area contributed by atoms with Crippen LogP contribution in [0.15, 0.2) is 22.7 Å². The summed E-state index contributed by atoms with van der Waals surface area (Å²) < 4.78 is 0.971. The van der Waals surface area contributed by atoms with Gasteiger partial charge in [-0.15, -0.1) is 0 Å². The van der Waals surface area contributed by atoms with Crippen LogP contribution in [0.3, 0.4) is 0 Å². The fourth-order valence-corrected chi connectivity index (χ4v) is 3.55. The second-order valence-electron chi connectivity index (χ2n) is 7.23. The SMILES string of the molecule is CC(C)(C)C1CCC(Nc2cc(C(=O)NN)ccc2Br)CC1. The zero-order valence-electron chi connectivity index (χ0n) is 13.6. The van der Waals surface area contributed by atoms with Crippen molar-refractivity contribution in [3.63, 3.8) is 0 Å². The highest BCUT2D eigenvalue weighted by Crippen LogP contribution is 2.39. The number of nitrogen functional groups attached to an aromatic ring is 1. The van der Waals surface area contributed by atoms with E-state index in [4.69, 9.17) is 5.84 Å². The lowest BCUT2D eigenvalue weighted by Crippen LogP contribution is -2.32. The summed E-state index contributed by atoms with van der Waals surface area (Å²) in [5.74, 6) is 5.72. The summed E-state index contributed by atoms with van der Waals surface area (Å²) in [6.07, 6.45) is 4.84. The second-order valence-corrected chi connectivity index (χ2v) is 8.08. The van der Waals surface area contributed by atoms with Crippen LogP contribution in [0.1, 0.15) is 56.8 Å². The van der Waals surface area contributed by atoms with E-state index < -0.39 is 0 Å². The first kappa shape index (κ1) is 17.3. The van der Waals surface area contributed by atoms with Crippen LogP contribution in [-0.2, 0) is 0 Å². The Bertz CT molecular complexity index is 531. The van der Waals surface area contributed by atoms with Crippen molar-refractivity contribution in [3.8, 4) is 0 Å². The molecule has 0 bridgehead atoms. The molecule has 0 saturated heterocycles. The van der Waals surface area contributed by atoms with Crippen molar-refractivity contribution in [1.29, 1.82) is 0 Å². The Hall–Kier alpha value is -1.07. The minimum Gasteiger partial charge on any atom is -0.381 e. The number of halogens is 1. The highest BCUT2D eigenvalue weighted by atomic mass is 79.9. The van der Waals surface area contributed by atoms with Crippen LogP contribution in [0.5, 0.6) is 0 Å². The third-order valence-corrected chi connectivity index (χ3v) is 5.36. The third-order valence-electron chi connectivity index (χ3n) is 4.67. The minimum absolute atomic E-state index is 0.271. The van der Waals surface area contributed by atoms with Gasteiger partial charge in [0.05, 0.1) is 0 Å². The van der Waals surface area contributed by atoms with Gasteiger partial charge in [0.2, 0.25) is 0 Å². The fourth-order valence-electron chi connectivity index (χ4n) is 3.18. The topological polar surface area (TPSA) is 67.2 Å². The van der Waals surface area contributed by atoms with E-state index in [0.717, 1.165) is 16.1 Å². The van der Waals surface area contributed by atoms with Crippen molar-refractivity contribution in [1.82, 2.24) is 5.43 Å². The Morgan fingerprint density at radius 1 is 1.23 bits per heavy atom. The first-order chi connectivity index (χ1) is 10.3. The maximum absolute atomic E-state index is 11.6. The molecule has 4 nitrogen and oxygen atoms in total. The van der Waals surface area contributed by atoms with Crippen LogP contribution in [0.2, 0.25) is 0 Å². The second kappa shape index (κ2) is 7.01. The van der Waals surface area contributed by atoms with Gasteiger partial charge >= 0.3 is 0 Å². The number of amides is 1. The van der Waals surface area contributed by atoms with E-state index in [1.807, 2.05) is 12.1 Å². The highest BCUT2D eigenvalue weighted by molar-refractivity contribution is 9.10. The van der Waals surface area contributed by atoms with Crippen LogP contribution < -0.4 is 16.6 Å². The summed E-state index contributed by atoms with van der Waals surface area (Å²) in [6.45, 7) is 6.99. The van der Waals surface area contributed by atoms with E-state index in [1.54, 1.807) is 6.07 Å². The number of hydrogen-bond acceptors (Lipinski definition) is 3. The molecular weight excluding hydrogens is 342 g/mol. The maximum Gasteiger partial charge on any atom is 0.265 e. The summed E-state index contributed by atoms with van der Waals surface area (Å²) in [4.78, 5) is 11.6. The lowest BCUT2D eigenvalue weighted by atomic mass is 9.71. The first-order valence-electron chi connectivity index (χ1n) is 7.88. The molecule has 4 N–H and O–H groups in total. The van der Waals surface area contributed by atoms with Gasteiger partial charge < -0.3 is 5.32 Å². The molecule has 1 saturated carbocycles. The molecule has 0 atom stereocenters. The molecule has 0 heterocycles. The molecule has 0 radical (unpaired) electrons. The highest BCUT2D eigenvalue weighted by Gasteiger charge is 2.29. The van der Waals surface area contributed by atoms with Gasteiger partial charge in [0.25, 0.3) is 5.91 Å². The Balaban J connectivity index is 2.01. The van der Waals surface area contributed by atoms with Crippen LogP contribution in [0.4, 0.5) is 5.69 Å². The van der Waals surface area contributed by atoms with Gasteiger partial charge in [-0.25, -0.2) is 5.84 Å². The van der Waals surface area contributed by atoms with Crippen LogP contribution >= 0.6 is 15.9 Å². The first-order valence-corrected chi connectivity index (χ1v) is 8.67. The van der Waals surface area contributed by atoms with E-state index in [1.165, 1.54) is 25.7 Å². The molecule has 2 rings (SSSR count). The van der Waals surface area contributed by atoms with Gasteiger partial charge in [-0.3, -0.25) is 10.2 Å². The number of carbonyl (C=O) groups excluding carboxylic acids is 1. The molecule has 1 aromatic carbocycles. The van der Waals surface area contributed by atoms with Crippen molar-refractivity contribution >= 4 is 27.5 Å². The van der Waals surface area contributed by atoms with Crippen molar-refractivity contribution in [2.24, 2.45) is 17.2 Å². The summed E-state index contributed by atoms with van der Waals surface area (Å²) in [5, 5.41) is 3.57. The molecule has 5 heteroatoms. The lowest BCUT2D eigenvalue weighted by Gasteiger charge is -2.37. The molecule has 1 aromatic rings. The summed E-state index contributed by atoms with van der Waals surface area (Å²) in [6, 6.07) is 5.95. The van der Waals surface area contributed by atoms with Gasteiger partial charge in [-0.2, -0.15) is 0 Å². The summed E-state index contributed by atoms with van der Waals surface area (Å²) >= 11 is 3.55. The minimum atomic E-state index is -0.271. The summed E-state index contributed by atoms with van der Waals surface area (Å²) in [7, 11) is 0. The number of benzene rings is 1. The number of carbonyl (C=O) groups is 1. The van der Waals surface area contributed by atoms with Gasteiger partial charge in [0.15, 0.2) is 0 Å². The van der Waals surface area contributed by atoms with Crippen molar-refractivity contribution in [2.45, 2.75) is 52.5 Å². The number of rotatable bonds is 3. The zero-order chi connectivity index (χ0) is 16.3. The number of nitrogens with two attached hydrogens (primary N) is 1. The Labute approximate surface area is 141 Å². The molecule has 1 aliphatic carbocycles. The predicted molar refractivity (Wildman–Crippen MR) is 94.6 cm³/mol. The average Bonchev–Trinajstić information content (AvgIpc) is 2.48. The van der Waals surface area contributed by atoms with Crippen LogP contribution in [-0.4, -0.2) is 11.9 Å². The number of nitrogens with one attached hydrogen (secondary N) is 2. The number of anilines is 1. The van der Waals surface area contributed by atoms with Gasteiger partial charge in [-0.05, 0) is 71.1 Å². The maximum atomic E-state index is 11.6. The fraction of sp³-hybridized carbons (Fsp3) is 0.588. The predicted octanol–water partition coefficient (Wildman–Crippen LogP) is 4.07. The molecular formula is C17H26BrN3O. The molecule has 122 valence electrons. The van der Waals surface area contributed by atoms with E-state index in [-0.39, 0.29) is 5.91 Å². The van der Waals surface area contributed by atoms with Crippen molar-refractivity contribution in [3.05, 3.63) is 28.2 Å². The van der Waals surface area contributed by atoms with Gasteiger partial charge in [-0.1, -0.05) is 20.8 Å². The third kappa shape index (κ3) is 4.23.